The van der Waals surface area contributed by atoms with Gasteiger partial charge in [-0.05, 0) is 31.3 Å². The molecule has 1 fully saturated rings. The van der Waals surface area contributed by atoms with Gasteiger partial charge in [-0.2, -0.15) is 0 Å². The van der Waals surface area contributed by atoms with Gasteiger partial charge in [-0.25, -0.2) is 0 Å². The Labute approximate surface area is 145 Å². The number of rotatable bonds is 5. The van der Waals surface area contributed by atoms with Gasteiger partial charge in [0.25, 0.3) is 11.6 Å². The van der Waals surface area contributed by atoms with Crippen molar-refractivity contribution in [3.8, 4) is 0 Å². The molecule has 0 saturated carbocycles. The number of benzene rings is 1. The van der Waals surface area contributed by atoms with E-state index in [4.69, 9.17) is 4.42 Å². The summed E-state index contributed by atoms with van der Waals surface area (Å²) in [6.45, 7) is 3.38. The summed E-state index contributed by atoms with van der Waals surface area (Å²) in [5.74, 6) is 0.251. The number of nitrogens with zero attached hydrogens (tertiary/aromatic N) is 3. The lowest BCUT2D eigenvalue weighted by atomic mass is 10.1. The Kier molecular flexibility index (Phi) is 4.99. The van der Waals surface area contributed by atoms with Crippen LogP contribution in [0, 0.1) is 10.1 Å². The van der Waals surface area contributed by atoms with Crippen molar-refractivity contribution in [2.24, 2.45) is 0 Å². The fraction of sp³-hybridized carbons (Fsp3) is 0.353. The molecule has 8 heteroatoms. The molecule has 1 N–H and O–H groups in total. The molecular formula is C17H20N4O4. The van der Waals surface area contributed by atoms with Crippen molar-refractivity contribution in [3.05, 3.63) is 58.0 Å². The highest BCUT2D eigenvalue weighted by Crippen LogP contribution is 2.30. The Morgan fingerprint density at radius 3 is 2.68 bits per heavy atom. The van der Waals surface area contributed by atoms with Crippen LogP contribution in [0.25, 0.3) is 0 Å². The molecule has 1 aromatic carbocycles. The highest BCUT2D eigenvalue weighted by molar-refractivity contribution is 5.95. The monoisotopic (exact) mass is 344 g/mol. The van der Waals surface area contributed by atoms with Crippen molar-refractivity contribution in [1.29, 1.82) is 0 Å². The first-order valence-corrected chi connectivity index (χ1v) is 8.07. The van der Waals surface area contributed by atoms with Gasteiger partial charge in [0, 0.05) is 37.8 Å². The van der Waals surface area contributed by atoms with Gasteiger partial charge in [-0.15, -0.1) is 0 Å². The molecule has 1 aliphatic rings. The van der Waals surface area contributed by atoms with Crippen molar-refractivity contribution in [2.45, 2.75) is 6.54 Å². The van der Waals surface area contributed by atoms with E-state index in [0.29, 0.717) is 11.4 Å². The molecule has 2 heterocycles. The van der Waals surface area contributed by atoms with Crippen molar-refractivity contribution in [2.75, 3.05) is 38.1 Å². The molecule has 132 valence electrons. The lowest BCUT2D eigenvalue weighted by Gasteiger charge is -2.33. The Morgan fingerprint density at radius 2 is 2.04 bits per heavy atom. The van der Waals surface area contributed by atoms with E-state index >= 15 is 0 Å². The molecule has 1 saturated heterocycles. The number of furan rings is 1. The zero-order valence-electron chi connectivity index (χ0n) is 14.0. The van der Waals surface area contributed by atoms with Crippen LogP contribution < -0.4 is 10.2 Å². The highest BCUT2D eigenvalue weighted by Gasteiger charge is 2.24. The van der Waals surface area contributed by atoms with E-state index in [0.717, 1.165) is 26.2 Å². The lowest BCUT2D eigenvalue weighted by Crippen LogP contribution is -2.44. The van der Waals surface area contributed by atoms with Crippen LogP contribution in [0.4, 0.5) is 11.4 Å². The molecule has 2 aromatic rings. The minimum absolute atomic E-state index is 0.0461. The molecule has 3 rings (SSSR count). The molecule has 25 heavy (non-hydrogen) atoms. The molecule has 1 aromatic heterocycles. The smallest absolute Gasteiger partial charge is 0.293 e. The van der Waals surface area contributed by atoms with Crippen LogP contribution in [0.1, 0.15) is 16.1 Å². The predicted molar refractivity (Wildman–Crippen MR) is 92.7 cm³/mol. The Balaban J connectivity index is 1.76. The van der Waals surface area contributed by atoms with E-state index in [2.05, 4.69) is 10.2 Å². The standard InChI is InChI=1S/C17H20N4O4/c1-19-6-8-20(9-7-19)15-5-4-13(11-16(15)21(23)24)17(22)18-12-14-3-2-10-25-14/h2-5,10-11H,6-9,12H2,1H3,(H,18,22). The SMILES string of the molecule is CN1CCN(c2ccc(C(=O)NCc3ccco3)cc2[N+](=O)[O-])CC1. The average molecular weight is 344 g/mol. The van der Waals surface area contributed by atoms with Crippen LogP contribution in [-0.4, -0.2) is 49.0 Å². The van der Waals surface area contributed by atoms with E-state index in [-0.39, 0.29) is 23.7 Å². The van der Waals surface area contributed by atoms with E-state index in [1.54, 1.807) is 24.3 Å². The number of amides is 1. The van der Waals surface area contributed by atoms with Gasteiger partial charge < -0.3 is 19.5 Å². The number of carbonyl (C=O) groups is 1. The summed E-state index contributed by atoms with van der Waals surface area (Å²) in [6, 6.07) is 8.10. The van der Waals surface area contributed by atoms with Crippen LogP contribution in [0.2, 0.25) is 0 Å². The van der Waals surface area contributed by atoms with Crippen molar-refractivity contribution >= 4 is 17.3 Å². The zero-order valence-corrected chi connectivity index (χ0v) is 14.0. The van der Waals surface area contributed by atoms with Gasteiger partial charge >= 0.3 is 0 Å². The third-order valence-corrected chi connectivity index (χ3v) is 4.28. The number of hydrogen-bond donors (Lipinski definition) is 1. The molecule has 1 aliphatic heterocycles. The van der Waals surface area contributed by atoms with E-state index in [1.807, 2.05) is 11.9 Å². The van der Waals surface area contributed by atoms with Gasteiger partial charge in [-0.1, -0.05) is 0 Å². The second kappa shape index (κ2) is 7.35. The first-order valence-electron chi connectivity index (χ1n) is 8.07. The van der Waals surface area contributed by atoms with E-state index in [9.17, 15) is 14.9 Å². The number of nitro benzene ring substituents is 1. The summed E-state index contributed by atoms with van der Waals surface area (Å²) in [5.41, 5.74) is 0.770. The second-order valence-electron chi connectivity index (χ2n) is 6.01. The fourth-order valence-corrected chi connectivity index (χ4v) is 2.81. The molecule has 1 amide bonds. The highest BCUT2D eigenvalue weighted by atomic mass is 16.6. The Bertz CT molecular complexity index is 752. The van der Waals surface area contributed by atoms with Crippen LogP contribution in [0.3, 0.4) is 0 Å². The maximum absolute atomic E-state index is 12.2. The third-order valence-electron chi connectivity index (χ3n) is 4.28. The van der Waals surface area contributed by atoms with Crippen LogP contribution in [0.5, 0.6) is 0 Å². The minimum Gasteiger partial charge on any atom is -0.467 e. The first kappa shape index (κ1) is 17.0. The summed E-state index contributed by atoms with van der Waals surface area (Å²) in [6.07, 6.45) is 1.52. The van der Waals surface area contributed by atoms with E-state index < -0.39 is 4.92 Å². The van der Waals surface area contributed by atoms with Crippen LogP contribution >= 0.6 is 0 Å². The topological polar surface area (TPSA) is 91.9 Å². The number of nitrogens with one attached hydrogen (secondary N) is 1. The average Bonchev–Trinajstić information content (AvgIpc) is 3.13. The molecule has 8 nitrogen and oxygen atoms in total. The summed E-state index contributed by atoms with van der Waals surface area (Å²) in [4.78, 5) is 27.5. The van der Waals surface area contributed by atoms with Gasteiger partial charge in [0.15, 0.2) is 0 Å². The van der Waals surface area contributed by atoms with Gasteiger partial charge in [0.2, 0.25) is 0 Å². The number of hydrogen-bond acceptors (Lipinski definition) is 6. The summed E-state index contributed by atoms with van der Waals surface area (Å²) >= 11 is 0. The Morgan fingerprint density at radius 1 is 1.28 bits per heavy atom. The summed E-state index contributed by atoms with van der Waals surface area (Å²) in [7, 11) is 2.03. The summed E-state index contributed by atoms with van der Waals surface area (Å²) in [5, 5.41) is 14.2. The Hall–Kier alpha value is -2.87. The van der Waals surface area contributed by atoms with Crippen molar-refractivity contribution in [1.82, 2.24) is 10.2 Å². The molecule has 0 radical (unpaired) electrons. The second-order valence-corrected chi connectivity index (χ2v) is 6.01. The molecule has 0 unspecified atom stereocenters. The molecule has 0 atom stereocenters. The molecular weight excluding hydrogens is 324 g/mol. The number of anilines is 1. The maximum atomic E-state index is 12.2. The first-order chi connectivity index (χ1) is 12.0. The van der Waals surface area contributed by atoms with Crippen LogP contribution in [0.15, 0.2) is 41.0 Å². The minimum atomic E-state index is -0.434. The fourth-order valence-electron chi connectivity index (χ4n) is 2.81. The normalized spacial score (nSPS) is 15.2. The van der Waals surface area contributed by atoms with Gasteiger partial charge in [0.05, 0.1) is 17.7 Å². The largest absolute Gasteiger partial charge is 0.467 e. The van der Waals surface area contributed by atoms with Gasteiger partial charge in [-0.3, -0.25) is 14.9 Å². The van der Waals surface area contributed by atoms with Gasteiger partial charge in [0.1, 0.15) is 11.4 Å². The molecule has 0 aliphatic carbocycles. The third kappa shape index (κ3) is 3.97. The molecule has 0 spiro atoms. The predicted octanol–water partition coefficient (Wildman–Crippen LogP) is 1.87. The zero-order chi connectivity index (χ0) is 17.8. The van der Waals surface area contributed by atoms with E-state index in [1.165, 1.54) is 12.3 Å². The molecule has 0 bridgehead atoms. The number of nitro groups is 1. The lowest BCUT2D eigenvalue weighted by molar-refractivity contribution is -0.384. The summed E-state index contributed by atoms with van der Waals surface area (Å²) < 4.78 is 5.16. The van der Waals surface area contributed by atoms with Crippen LogP contribution in [-0.2, 0) is 6.54 Å². The quantitative estimate of drug-likeness (QED) is 0.658. The van der Waals surface area contributed by atoms with Crippen molar-refractivity contribution < 1.29 is 14.1 Å². The number of likely N-dealkylation sites (N-methyl/N-ethyl adjacent to an activating group) is 1. The van der Waals surface area contributed by atoms with Crippen molar-refractivity contribution in [3.63, 3.8) is 0 Å². The number of carbonyl (C=O) groups excluding carboxylic acids is 1. The maximum Gasteiger partial charge on any atom is 0.293 e. The number of piperazine rings is 1.